The standard InChI is InChI=1S/C22H23FN2O3/c1-16-5-2-3-8-19(16)21(27)24-11-9-22(10-12-24)15-25(20(26)14-28-22)18-7-4-6-17(23)13-18/h2-8,13H,9-12,14-15H2,1H3. The summed E-state index contributed by atoms with van der Waals surface area (Å²) in [4.78, 5) is 28.6. The van der Waals surface area contributed by atoms with Gasteiger partial charge in [0.1, 0.15) is 12.4 Å². The lowest BCUT2D eigenvalue weighted by atomic mass is 9.88. The minimum absolute atomic E-state index is 0.0255. The second kappa shape index (κ2) is 7.36. The van der Waals surface area contributed by atoms with Crippen molar-refractivity contribution in [3.8, 4) is 0 Å². The Hall–Kier alpha value is -2.73. The Balaban J connectivity index is 1.47. The van der Waals surface area contributed by atoms with E-state index in [0.29, 0.717) is 38.2 Å². The number of hydrogen-bond acceptors (Lipinski definition) is 3. The fourth-order valence-electron chi connectivity index (χ4n) is 4.00. The van der Waals surface area contributed by atoms with Crippen LogP contribution in [0.3, 0.4) is 0 Å². The molecule has 2 amide bonds. The zero-order valence-corrected chi connectivity index (χ0v) is 15.9. The molecule has 2 aliphatic rings. The van der Waals surface area contributed by atoms with Crippen LogP contribution in [0.5, 0.6) is 0 Å². The zero-order valence-electron chi connectivity index (χ0n) is 15.9. The molecule has 2 heterocycles. The Morgan fingerprint density at radius 3 is 2.57 bits per heavy atom. The third-order valence-corrected chi connectivity index (χ3v) is 5.71. The molecule has 5 nitrogen and oxygen atoms in total. The van der Waals surface area contributed by atoms with Crippen LogP contribution in [0.15, 0.2) is 48.5 Å². The van der Waals surface area contributed by atoms with Crippen molar-refractivity contribution in [2.45, 2.75) is 25.4 Å². The SMILES string of the molecule is Cc1ccccc1C(=O)N1CCC2(CC1)CN(c1cccc(F)c1)C(=O)CO2. The molecule has 2 aliphatic heterocycles. The van der Waals surface area contributed by atoms with Crippen LogP contribution in [0.2, 0.25) is 0 Å². The lowest BCUT2D eigenvalue weighted by Gasteiger charge is -2.47. The molecule has 1 spiro atoms. The minimum atomic E-state index is -0.497. The number of nitrogens with zero attached hydrogens (tertiary/aromatic N) is 2. The van der Waals surface area contributed by atoms with E-state index < -0.39 is 5.60 Å². The van der Waals surface area contributed by atoms with Crippen molar-refractivity contribution in [2.75, 3.05) is 31.1 Å². The van der Waals surface area contributed by atoms with Crippen molar-refractivity contribution < 1.29 is 18.7 Å². The van der Waals surface area contributed by atoms with E-state index in [2.05, 4.69) is 0 Å². The minimum Gasteiger partial charge on any atom is -0.363 e. The highest BCUT2D eigenvalue weighted by atomic mass is 19.1. The Kier molecular flexibility index (Phi) is 4.89. The van der Waals surface area contributed by atoms with Crippen molar-refractivity contribution in [3.63, 3.8) is 0 Å². The predicted octanol–water partition coefficient (Wildman–Crippen LogP) is 3.17. The van der Waals surface area contributed by atoms with Crippen LogP contribution in [0.1, 0.15) is 28.8 Å². The number of anilines is 1. The van der Waals surface area contributed by atoms with Crippen molar-refractivity contribution in [3.05, 3.63) is 65.5 Å². The number of piperidine rings is 1. The van der Waals surface area contributed by atoms with Gasteiger partial charge in [-0.15, -0.1) is 0 Å². The maximum Gasteiger partial charge on any atom is 0.254 e. The van der Waals surface area contributed by atoms with Crippen molar-refractivity contribution in [1.82, 2.24) is 4.90 Å². The van der Waals surface area contributed by atoms with Crippen molar-refractivity contribution >= 4 is 17.5 Å². The van der Waals surface area contributed by atoms with Crippen molar-refractivity contribution in [2.24, 2.45) is 0 Å². The van der Waals surface area contributed by atoms with Gasteiger partial charge in [0.25, 0.3) is 11.8 Å². The fourth-order valence-corrected chi connectivity index (χ4v) is 4.00. The van der Waals surface area contributed by atoms with Gasteiger partial charge < -0.3 is 14.5 Å². The van der Waals surface area contributed by atoms with Gasteiger partial charge >= 0.3 is 0 Å². The Labute approximate surface area is 163 Å². The predicted molar refractivity (Wildman–Crippen MR) is 104 cm³/mol. The van der Waals surface area contributed by atoms with Gasteiger partial charge in [-0.2, -0.15) is 0 Å². The monoisotopic (exact) mass is 382 g/mol. The Morgan fingerprint density at radius 2 is 1.86 bits per heavy atom. The molecule has 2 fully saturated rings. The van der Waals surface area contributed by atoms with Gasteiger partial charge in [-0.25, -0.2) is 4.39 Å². The summed E-state index contributed by atoms with van der Waals surface area (Å²) < 4.78 is 19.5. The lowest BCUT2D eigenvalue weighted by molar-refractivity contribution is -0.143. The summed E-state index contributed by atoms with van der Waals surface area (Å²) in [6, 6.07) is 13.6. The summed E-state index contributed by atoms with van der Waals surface area (Å²) in [5.41, 5.74) is 1.73. The molecule has 146 valence electrons. The third-order valence-electron chi connectivity index (χ3n) is 5.71. The number of morpholine rings is 1. The number of likely N-dealkylation sites (tertiary alicyclic amines) is 1. The van der Waals surface area contributed by atoms with Crippen LogP contribution in [-0.2, 0) is 9.53 Å². The molecule has 0 bridgehead atoms. The van der Waals surface area contributed by atoms with Crippen LogP contribution < -0.4 is 4.90 Å². The van der Waals surface area contributed by atoms with Crippen LogP contribution in [0, 0.1) is 12.7 Å². The molecule has 0 radical (unpaired) electrons. The Bertz CT molecular complexity index is 906. The molecule has 28 heavy (non-hydrogen) atoms. The summed E-state index contributed by atoms with van der Waals surface area (Å²) in [5, 5.41) is 0. The topological polar surface area (TPSA) is 49.9 Å². The van der Waals surface area contributed by atoms with Crippen LogP contribution in [0.25, 0.3) is 0 Å². The first-order valence-electron chi connectivity index (χ1n) is 9.52. The molecular formula is C22H23FN2O3. The number of rotatable bonds is 2. The van der Waals surface area contributed by atoms with E-state index in [0.717, 1.165) is 11.1 Å². The molecule has 2 saturated heterocycles. The number of aryl methyl sites for hydroxylation is 1. The number of carbonyl (C=O) groups is 2. The average Bonchev–Trinajstić information content (AvgIpc) is 2.70. The first-order chi connectivity index (χ1) is 13.5. The van der Waals surface area contributed by atoms with Crippen LogP contribution >= 0.6 is 0 Å². The summed E-state index contributed by atoms with van der Waals surface area (Å²) in [6.07, 6.45) is 1.29. The lowest BCUT2D eigenvalue weighted by Crippen LogP contribution is -2.59. The second-order valence-corrected chi connectivity index (χ2v) is 7.54. The molecule has 0 atom stereocenters. The first-order valence-corrected chi connectivity index (χ1v) is 9.52. The molecule has 0 unspecified atom stereocenters. The van der Waals surface area contributed by atoms with E-state index >= 15 is 0 Å². The van der Waals surface area contributed by atoms with Gasteiger partial charge in [-0.3, -0.25) is 9.59 Å². The summed E-state index contributed by atoms with van der Waals surface area (Å²) in [5.74, 6) is -0.513. The zero-order chi connectivity index (χ0) is 19.7. The maximum absolute atomic E-state index is 13.6. The number of hydrogen-bond donors (Lipinski definition) is 0. The molecular weight excluding hydrogens is 359 g/mol. The van der Waals surface area contributed by atoms with Gasteiger partial charge in [0.05, 0.1) is 12.1 Å². The van der Waals surface area contributed by atoms with E-state index in [1.54, 1.807) is 17.0 Å². The maximum atomic E-state index is 13.6. The molecule has 4 rings (SSSR count). The number of amides is 2. The number of halogens is 1. The van der Waals surface area contributed by atoms with Crippen LogP contribution in [-0.4, -0.2) is 48.6 Å². The van der Waals surface area contributed by atoms with Gasteiger partial charge in [0.15, 0.2) is 0 Å². The molecule has 0 N–H and O–H groups in total. The molecule has 0 aromatic heterocycles. The number of ether oxygens (including phenoxy) is 1. The second-order valence-electron chi connectivity index (χ2n) is 7.54. The summed E-state index contributed by atoms with van der Waals surface area (Å²) in [7, 11) is 0. The Morgan fingerprint density at radius 1 is 1.11 bits per heavy atom. The largest absolute Gasteiger partial charge is 0.363 e. The van der Waals surface area contributed by atoms with E-state index in [1.165, 1.54) is 12.1 Å². The van der Waals surface area contributed by atoms with Gasteiger partial charge in [-0.05, 0) is 49.6 Å². The molecule has 6 heteroatoms. The highest BCUT2D eigenvalue weighted by Crippen LogP contribution is 2.33. The van der Waals surface area contributed by atoms with Crippen molar-refractivity contribution in [1.29, 1.82) is 0 Å². The van der Waals surface area contributed by atoms with E-state index in [9.17, 15) is 14.0 Å². The van der Waals surface area contributed by atoms with Gasteiger partial charge in [0, 0.05) is 24.3 Å². The molecule has 0 saturated carbocycles. The third kappa shape index (κ3) is 3.52. The number of carbonyl (C=O) groups excluding carboxylic acids is 2. The van der Waals surface area contributed by atoms with E-state index in [4.69, 9.17) is 4.74 Å². The van der Waals surface area contributed by atoms with E-state index in [-0.39, 0.29) is 24.2 Å². The highest BCUT2D eigenvalue weighted by Gasteiger charge is 2.43. The average molecular weight is 382 g/mol. The summed E-state index contributed by atoms with van der Waals surface area (Å²) in [6.45, 7) is 3.42. The number of benzene rings is 2. The first kappa shape index (κ1) is 18.6. The molecule has 2 aromatic rings. The van der Waals surface area contributed by atoms with Gasteiger partial charge in [0.2, 0.25) is 0 Å². The smallest absolute Gasteiger partial charge is 0.254 e. The van der Waals surface area contributed by atoms with Crippen LogP contribution in [0.4, 0.5) is 10.1 Å². The molecule has 0 aliphatic carbocycles. The quantitative estimate of drug-likeness (QED) is 0.802. The normalized spacial score (nSPS) is 19.1. The fraction of sp³-hybridized carbons (Fsp3) is 0.364. The molecule has 2 aromatic carbocycles. The van der Waals surface area contributed by atoms with E-state index in [1.807, 2.05) is 36.1 Å². The highest BCUT2D eigenvalue weighted by molar-refractivity contribution is 5.96. The van der Waals surface area contributed by atoms with Gasteiger partial charge in [-0.1, -0.05) is 24.3 Å². The summed E-state index contributed by atoms with van der Waals surface area (Å²) >= 11 is 0.